The molecule has 0 spiro atoms. The van der Waals surface area contributed by atoms with E-state index >= 15 is 0 Å². The first-order valence-corrected chi connectivity index (χ1v) is 12.5. The van der Waals surface area contributed by atoms with E-state index in [1.165, 1.54) is 6.07 Å². The van der Waals surface area contributed by atoms with Gasteiger partial charge in [-0.15, -0.1) is 0 Å². The van der Waals surface area contributed by atoms with Crippen LogP contribution >= 0.6 is 0 Å². The molecule has 1 aliphatic carbocycles. The van der Waals surface area contributed by atoms with Crippen LogP contribution in [0.4, 0.5) is 5.69 Å². The van der Waals surface area contributed by atoms with Gasteiger partial charge in [0, 0.05) is 40.2 Å². The summed E-state index contributed by atoms with van der Waals surface area (Å²) in [5.41, 5.74) is 5.50. The Morgan fingerprint density at radius 2 is 1.77 bits per heavy atom. The lowest BCUT2D eigenvalue weighted by Gasteiger charge is -2.19. The normalized spacial score (nSPS) is 11.3. The molecule has 0 saturated carbocycles. The predicted octanol–water partition coefficient (Wildman–Crippen LogP) is 6.75. The molecule has 2 aliphatic rings. The van der Waals surface area contributed by atoms with Crippen LogP contribution in [0.5, 0.6) is 5.75 Å². The van der Waals surface area contributed by atoms with Crippen molar-refractivity contribution in [2.45, 2.75) is 20.4 Å². The highest BCUT2D eigenvalue weighted by Gasteiger charge is 2.24. The number of aromatic hydroxyl groups is 1. The van der Waals surface area contributed by atoms with E-state index in [-0.39, 0.29) is 23.3 Å². The number of para-hydroxylation sites is 1. The number of carboxylic acids is 1. The zero-order chi connectivity index (χ0) is 27.3. The molecular formula is C32H24N2O5. The molecule has 1 aromatic heterocycles. The first kappa shape index (κ1) is 24.2. The smallest absolute Gasteiger partial charge is 0.336 e. The summed E-state index contributed by atoms with van der Waals surface area (Å²) in [5, 5.41) is 25.9. The van der Waals surface area contributed by atoms with Gasteiger partial charge in [-0.3, -0.25) is 9.78 Å². The number of hydrogen-bond acceptors (Lipinski definition) is 6. The molecule has 7 nitrogen and oxygen atoms in total. The molecule has 0 atom stereocenters. The van der Waals surface area contributed by atoms with Gasteiger partial charge in [0.2, 0.25) is 0 Å². The number of carboxylic acid groups (broad SMARTS) is 1. The number of carbonyl (C=O) groups is 1. The summed E-state index contributed by atoms with van der Waals surface area (Å²) in [6.07, 6.45) is 0. The van der Waals surface area contributed by atoms with E-state index in [4.69, 9.17) is 4.42 Å². The van der Waals surface area contributed by atoms with Crippen molar-refractivity contribution in [3.05, 3.63) is 111 Å². The maximum Gasteiger partial charge on any atom is 0.336 e. The minimum atomic E-state index is -1.07. The lowest BCUT2D eigenvalue weighted by Crippen LogP contribution is -2.08. The van der Waals surface area contributed by atoms with Crippen molar-refractivity contribution >= 4 is 33.5 Å². The number of phenols is 1. The summed E-state index contributed by atoms with van der Waals surface area (Å²) >= 11 is 0. The van der Waals surface area contributed by atoms with Crippen LogP contribution in [0.1, 0.15) is 27.2 Å². The maximum absolute atomic E-state index is 12.6. The molecule has 1 aliphatic heterocycles. The first-order chi connectivity index (χ1) is 18.8. The zero-order valence-electron chi connectivity index (χ0n) is 21.3. The number of aryl methyl sites for hydroxylation is 2. The van der Waals surface area contributed by atoms with Crippen LogP contribution in [0.15, 0.2) is 88.1 Å². The molecule has 0 saturated heterocycles. The third-order valence-corrected chi connectivity index (χ3v) is 7.01. The van der Waals surface area contributed by atoms with Crippen LogP contribution in [0.2, 0.25) is 0 Å². The molecule has 0 unspecified atom stereocenters. The highest BCUT2D eigenvalue weighted by atomic mass is 16.4. The number of rotatable bonds is 5. The summed E-state index contributed by atoms with van der Waals surface area (Å²) in [7, 11) is 0. The molecule has 192 valence electrons. The standard InChI is InChI=1S/C32H24N2O5/c1-17-14-23-28(15-27(17)36)39-31-22(29(23)20-7-3-4-8-21(20)32(37)38)12-13-26(35)24(31)16-33-25-9-5-6-19-11-10-18(2)34-30(19)25/h3-15,33,35H,16H2,1-2H3,(H,37,38). The van der Waals surface area contributed by atoms with Crippen molar-refractivity contribution in [3.63, 3.8) is 0 Å². The highest BCUT2D eigenvalue weighted by Crippen LogP contribution is 2.44. The van der Waals surface area contributed by atoms with E-state index in [0.717, 1.165) is 22.3 Å². The van der Waals surface area contributed by atoms with Crippen molar-refractivity contribution in [2.24, 2.45) is 0 Å². The Morgan fingerprint density at radius 3 is 2.59 bits per heavy atom. The van der Waals surface area contributed by atoms with Crippen molar-refractivity contribution in [1.29, 1.82) is 0 Å². The predicted molar refractivity (Wildman–Crippen MR) is 152 cm³/mol. The van der Waals surface area contributed by atoms with Crippen LogP contribution in [0, 0.1) is 13.8 Å². The van der Waals surface area contributed by atoms with Gasteiger partial charge in [0.05, 0.1) is 22.3 Å². The molecule has 39 heavy (non-hydrogen) atoms. The van der Waals surface area contributed by atoms with Gasteiger partial charge in [-0.05, 0) is 61.4 Å². The molecule has 6 rings (SSSR count). The van der Waals surface area contributed by atoms with Crippen molar-refractivity contribution in [2.75, 3.05) is 5.32 Å². The molecule has 0 amide bonds. The van der Waals surface area contributed by atoms with Gasteiger partial charge in [-0.2, -0.15) is 0 Å². The van der Waals surface area contributed by atoms with Gasteiger partial charge >= 0.3 is 5.97 Å². The second kappa shape index (κ2) is 9.29. The molecule has 0 bridgehead atoms. The zero-order valence-corrected chi connectivity index (χ0v) is 21.3. The Kier molecular flexibility index (Phi) is 5.76. The largest absolute Gasteiger partial charge is 0.507 e. The van der Waals surface area contributed by atoms with E-state index in [1.807, 2.05) is 37.3 Å². The SMILES string of the molecule is Cc1ccc2cccc(NCc3c(O)ccc4c(-c5ccccc5C(=O)O)c5cc(C)c(=O)cc-5oc34)c2n1. The van der Waals surface area contributed by atoms with Gasteiger partial charge < -0.3 is 19.9 Å². The van der Waals surface area contributed by atoms with E-state index in [0.29, 0.717) is 44.5 Å². The molecule has 2 heterocycles. The number of hydrogen-bond donors (Lipinski definition) is 3. The fraction of sp³-hybridized carbons (Fsp3) is 0.0938. The minimum Gasteiger partial charge on any atom is -0.507 e. The van der Waals surface area contributed by atoms with E-state index in [2.05, 4.69) is 10.3 Å². The van der Waals surface area contributed by atoms with E-state index in [1.54, 1.807) is 49.4 Å². The number of nitrogens with zero attached hydrogens (tertiary/aromatic N) is 1. The van der Waals surface area contributed by atoms with Crippen LogP contribution in [0.25, 0.3) is 44.3 Å². The van der Waals surface area contributed by atoms with Crippen LogP contribution in [0.3, 0.4) is 0 Å². The van der Waals surface area contributed by atoms with Crippen molar-refractivity contribution < 1.29 is 19.4 Å². The number of phenolic OH excluding ortho intramolecular Hbond substituents is 1. The molecule has 0 fully saturated rings. The summed E-state index contributed by atoms with van der Waals surface area (Å²) in [4.78, 5) is 29.4. The number of anilines is 1. The summed E-state index contributed by atoms with van der Waals surface area (Å²) in [6, 6.07) is 23.0. The van der Waals surface area contributed by atoms with Gasteiger partial charge in [0.25, 0.3) is 0 Å². The Morgan fingerprint density at radius 1 is 0.949 bits per heavy atom. The second-order valence-electron chi connectivity index (χ2n) is 9.57. The Hall–Kier alpha value is -5.17. The minimum absolute atomic E-state index is 0.00871. The Bertz CT molecular complexity index is 1960. The summed E-state index contributed by atoms with van der Waals surface area (Å²) in [5.74, 6) is -0.749. The average molecular weight is 517 g/mol. The van der Waals surface area contributed by atoms with Crippen LogP contribution in [-0.2, 0) is 6.54 Å². The van der Waals surface area contributed by atoms with E-state index in [9.17, 15) is 19.8 Å². The van der Waals surface area contributed by atoms with Gasteiger partial charge in [0.15, 0.2) is 5.43 Å². The second-order valence-corrected chi connectivity index (χ2v) is 9.57. The molecule has 3 aromatic carbocycles. The number of aromatic carboxylic acids is 1. The van der Waals surface area contributed by atoms with Crippen LogP contribution < -0.4 is 10.7 Å². The maximum atomic E-state index is 12.6. The first-order valence-electron chi connectivity index (χ1n) is 12.5. The Balaban J connectivity index is 1.60. The number of pyridine rings is 1. The number of benzene rings is 4. The van der Waals surface area contributed by atoms with Crippen LogP contribution in [-0.4, -0.2) is 21.2 Å². The van der Waals surface area contributed by atoms with E-state index < -0.39 is 5.97 Å². The fourth-order valence-electron chi connectivity index (χ4n) is 5.05. The molecule has 0 radical (unpaired) electrons. The van der Waals surface area contributed by atoms with Crippen molar-refractivity contribution in [1.82, 2.24) is 4.98 Å². The lowest BCUT2D eigenvalue weighted by atomic mass is 9.89. The van der Waals surface area contributed by atoms with Crippen molar-refractivity contribution in [3.8, 4) is 28.2 Å². The fourth-order valence-corrected chi connectivity index (χ4v) is 5.05. The number of aromatic nitrogens is 1. The van der Waals surface area contributed by atoms with Gasteiger partial charge in [-0.25, -0.2) is 4.79 Å². The monoisotopic (exact) mass is 516 g/mol. The lowest BCUT2D eigenvalue weighted by molar-refractivity contribution is 0.0697. The molecular weight excluding hydrogens is 492 g/mol. The molecule has 4 aromatic rings. The Labute approximate surface area is 223 Å². The highest BCUT2D eigenvalue weighted by molar-refractivity contribution is 6.08. The quantitative estimate of drug-likeness (QED) is 0.217. The number of fused-ring (bicyclic) bond motifs is 3. The molecule has 3 N–H and O–H groups in total. The third-order valence-electron chi connectivity index (χ3n) is 7.01. The number of nitrogens with one attached hydrogen (secondary N) is 1. The summed E-state index contributed by atoms with van der Waals surface area (Å²) < 4.78 is 6.29. The molecule has 7 heteroatoms. The third kappa shape index (κ3) is 4.14. The van der Waals surface area contributed by atoms with Gasteiger partial charge in [0.1, 0.15) is 17.1 Å². The summed E-state index contributed by atoms with van der Waals surface area (Å²) in [6.45, 7) is 3.84. The van der Waals surface area contributed by atoms with Gasteiger partial charge in [-0.1, -0.05) is 36.4 Å². The average Bonchev–Trinajstić information content (AvgIpc) is 2.92. The topological polar surface area (TPSA) is 113 Å².